The monoisotopic (exact) mass is 416 g/mol. The third kappa shape index (κ3) is 5.58. The van der Waals surface area contributed by atoms with Crippen molar-refractivity contribution in [2.75, 3.05) is 19.6 Å². The zero-order valence-corrected chi connectivity index (χ0v) is 17.8. The van der Waals surface area contributed by atoms with Crippen molar-refractivity contribution < 1.29 is 14.4 Å². The van der Waals surface area contributed by atoms with Crippen LogP contribution in [0.15, 0.2) is 39.6 Å². The lowest BCUT2D eigenvalue weighted by Gasteiger charge is -2.38. The molecule has 0 bridgehead atoms. The lowest BCUT2D eigenvalue weighted by Crippen LogP contribution is -2.50. The number of aromatic nitrogens is 2. The highest BCUT2D eigenvalue weighted by Gasteiger charge is 2.31. The van der Waals surface area contributed by atoms with Crippen LogP contribution in [0.2, 0.25) is 0 Å². The molecule has 1 aromatic carbocycles. The second kappa shape index (κ2) is 10.5. The molecule has 3 rings (SSSR count). The first-order chi connectivity index (χ1) is 14.5. The van der Waals surface area contributed by atoms with E-state index in [2.05, 4.69) is 29.2 Å². The van der Waals surface area contributed by atoms with Crippen LogP contribution < -0.4 is 11.1 Å². The van der Waals surface area contributed by atoms with Crippen molar-refractivity contribution in [2.45, 2.75) is 58.2 Å². The zero-order valence-electron chi connectivity index (χ0n) is 17.8. The van der Waals surface area contributed by atoms with Crippen LogP contribution in [0.3, 0.4) is 0 Å². The maximum atomic E-state index is 12.4. The zero-order chi connectivity index (χ0) is 21.5. The fraction of sp³-hybridized carbons (Fsp3) is 0.591. The molecule has 0 spiro atoms. The van der Waals surface area contributed by atoms with Crippen LogP contribution in [-0.4, -0.2) is 57.4 Å². The summed E-state index contributed by atoms with van der Waals surface area (Å²) in [6, 6.07) is 9.55. The summed E-state index contributed by atoms with van der Waals surface area (Å²) in [6.07, 6.45) is 3.01. The van der Waals surface area contributed by atoms with Crippen LogP contribution in [0, 0.1) is 5.92 Å². The Morgan fingerprint density at radius 1 is 1.30 bits per heavy atom. The fourth-order valence-corrected chi connectivity index (χ4v) is 3.94. The number of carbonyl (C=O) groups is 1. The molecule has 2 heterocycles. The predicted octanol–water partition coefficient (Wildman–Crippen LogP) is 1.88. The van der Waals surface area contributed by atoms with Gasteiger partial charge in [-0.05, 0) is 26.2 Å². The molecule has 0 radical (unpaired) electrons. The number of β-amino-alcohol motifs (C(OH)–C–C–N with tert-alkyl or cyclic N) is 1. The van der Waals surface area contributed by atoms with E-state index in [1.54, 1.807) is 0 Å². The summed E-state index contributed by atoms with van der Waals surface area (Å²) in [4.78, 5) is 26.7. The van der Waals surface area contributed by atoms with Crippen LogP contribution in [0.5, 0.6) is 0 Å². The van der Waals surface area contributed by atoms with Gasteiger partial charge in [-0.15, -0.1) is 0 Å². The molecule has 1 fully saturated rings. The van der Waals surface area contributed by atoms with Gasteiger partial charge in [-0.25, -0.2) is 4.79 Å². The van der Waals surface area contributed by atoms with Gasteiger partial charge in [-0.1, -0.05) is 48.8 Å². The van der Waals surface area contributed by atoms with Gasteiger partial charge in [-0.2, -0.15) is 0 Å². The van der Waals surface area contributed by atoms with E-state index >= 15 is 0 Å². The Morgan fingerprint density at radius 3 is 2.80 bits per heavy atom. The number of likely N-dealkylation sites (tertiary alicyclic amines) is 1. The predicted molar refractivity (Wildman–Crippen MR) is 114 cm³/mol. The smallest absolute Gasteiger partial charge is 0.390 e. The minimum atomic E-state index is -0.783. The van der Waals surface area contributed by atoms with Crippen LogP contribution in [-0.2, 0) is 11.3 Å². The van der Waals surface area contributed by atoms with Crippen molar-refractivity contribution in [3.05, 3.63) is 40.9 Å². The lowest BCUT2D eigenvalue weighted by atomic mass is 9.92. The van der Waals surface area contributed by atoms with Gasteiger partial charge in [-0.3, -0.25) is 18.8 Å². The van der Waals surface area contributed by atoms with Gasteiger partial charge in [0, 0.05) is 31.2 Å². The van der Waals surface area contributed by atoms with E-state index in [1.165, 1.54) is 4.57 Å². The average Bonchev–Trinajstić information content (AvgIpc) is 3.10. The molecule has 0 aliphatic carbocycles. The van der Waals surface area contributed by atoms with Crippen molar-refractivity contribution >= 4 is 5.91 Å². The van der Waals surface area contributed by atoms with E-state index < -0.39 is 11.9 Å². The highest BCUT2D eigenvalue weighted by Crippen LogP contribution is 2.23. The summed E-state index contributed by atoms with van der Waals surface area (Å²) in [6.45, 7) is 6.00. The van der Waals surface area contributed by atoms with Gasteiger partial charge in [0.05, 0.1) is 18.6 Å². The largest absolute Gasteiger partial charge is 0.441 e. The van der Waals surface area contributed by atoms with Crippen molar-refractivity contribution in [2.24, 2.45) is 5.92 Å². The molecule has 1 aliphatic heterocycles. The number of amides is 1. The summed E-state index contributed by atoms with van der Waals surface area (Å²) < 4.78 is 6.20. The molecule has 1 saturated heterocycles. The Bertz CT molecular complexity index is 864. The van der Waals surface area contributed by atoms with E-state index in [0.717, 1.165) is 31.2 Å². The Morgan fingerprint density at radius 2 is 2.07 bits per heavy atom. The maximum absolute atomic E-state index is 12.4. The Balaban J connectivity index is 1.62. The minimum absolute atomic E-state index is 0.0662. The van der Waals surface area contributed by atoms with Crippen LogP contribution >= 0.6 is 0 Å². The number of aliphatic hydroxyl groups is 1. The van der Waals surface area contributed by atoms with Crippen LogP contribution in [0.4, 0.5) is 0 Å². The molecule has 1 amide bonds. The van der Waals surface area contributed by atoms with Crippen molar-refractivity contribution in [3.63, 3.8) is 0 Å². The van der Waals surface area contributed by atoms with Gasteiger partial charge >= 0.3 is 5.76 Å². The fourth-order valence-electron chi connectivity index (χ4n) is 3.94. The molecule has 2 N–H and O–H groups in total. The summed E-state index contributed by atoms with van der Waals surface area (Å²) in [5.41, 5.74) is 0.755. The summed E-state index contributed by atoms with van der Waals surface area (Å²) in [5.74, 6) is -0.160. The summed E-state index contributed by atoms with van der Waals surface area (Å²) >= 11 is 0. The number of aliphatic hydroxyl groups excluding tert-OH is 1. The molecule has 3 unspecified atom stereocenters. The SMILES string of the molecule is CCCCNC(=O)C1CCC(C)N(CC(O)Cn2c(-c3ccccc3)noc2=O)C1. The lowest BCUT2D eigenvalue weighted by molar-refractivity contribution is -0.127. The van der Waals surface area contributed by atoms with E-state index in [1.807, 2.05) is 30.3 Å². The number of hydrogen-bond acceptors (Lipinski definition) is 6. The van der Waals surface area contributed by atoms with Crippen LogP contribution in [0.25, 0.3) is 11.4 Å². The number of nitrogens with zero attached hydrogens (tertiary/aromatic N) is 3. The standard InChI is InChI=1S/C22H32N4O4/c1-3-4-12-23-21(28)18-11-10-16(2)25(13-18)14-19(27)15-26-20(24-30-22(26)29)17-8-6-5-7-9-17/h5-9,16,18-19,27H,3-4,10-15H2,1-2H3,(H,23,28). The number of benzene rings is 1. The molecule has 8 nitrogen and oxygen atoms in total. The molecule has 0 saturated carbocycles. The van der Waals surface area contributed by atoms with Crippen molar-refractivity contribution in [1.82, 2.24) is 19.9 Å². The second-order valence-corrected chi connectivity index (χ2v) is 8.12. The Labute approximate surface area is 176 Å². The number of piperidine rings is 1. The molecule has 1 aromatic heterocycles. The summed E-state index contributed by atoms with van der Waals surface area (Å²) in [7, 11) is 0. The molecule has 164 valence electrons. The van der Waals surface area contributed by atoms with Gasteiger partial charge in [0.2, 0.25) is 5.91 Å². The third-order valence-corrected chi connectivity index (χ3v) is 5.77. The van der Waals surface area contributed by atoms with Gasteiger partial charge in [0.1, 0.15) is 0 Å². The first-order valence-corrected chi connectivity index (χ1v) is 10.8. The summed E-state index contributed by atoms with van der Waals surface area (Å²) in [5, 5.41) is 17.6. The normalized spacial score (nSPS) is 20.8. The first-order valence-electron chi connectivity index (χ1n) is 10.8. The molecule has 3 atom stereocenters. The van der Waals surface area contributed by atoms with Gasteiger partial charge in [0.15, 0.2) is 5.82 Å². The topological polar surface area (TPSA) is 101 Å². The van der Waals surface area contributed by atoms with E-state index in [0.29, 0.717) is 25.5 Å². The molecule has 2 aromatic rings. The third-order valence-electron chi connectivity index (χ3n) is 5.77. The molecule has 30 heavy (non-hydrogen) atoms. The number of unbranched alkanes of at least 4 members (excludes halogenated alkanes) is 1. The highest BCUT2D eigenvalue weighted by atomic mass is 16.5. The van der Waals surface area contributed by atoms with Crippen LogP contribution in [0.1, 0.15) is 39.5 Å². The Kier molecular flexibility index (Phi) is 7.81. The first kappa shape index (κ1) is 22.2. The number of carbonyl (C=O) groups excluding carboxylic acids is 1. The van der Waals surface area contributed by atoms with Gasteiger partial charge < -0.3 is 10.4 Å². The van der Waals surface area contributed by atoms with E-state index in [9.17, 15) is 14.7 Å². The highest BCUT2D eigenvalue weighted by molar-refractivity contribution is 5.78. The Hall–Kier alpha value is -2.45. The van der Waals surface area contributed by atoms with Crippen molar-refractivity contribution in [3.8, 4) is 11.4 Å². The average molecular weight is 417 g/mol. The number of hydrogen-bond donors (Lipinski definition) is 2. The minimum Gasteiger partial charge on any atom is -0.390 e. The van der Waals surface area contributed by atoms with E-state index in [4.69, 9.17) is 4.52 Å². The molecular weight excluding hydrogens is 384 g/mol. The second-order valence-electron chi connectivity index (χ2n) is 8.12. The number of nitrogens with one attached hydrogen (secondary N) is 1. The quantitative estimate of drug-likeness (QED) is 0.606. The van der Waals surface area contributed by atoms with E-state index in [-0.39, 0.29) is 24.4 Å². The molecular formula is C22H32N4O4. The molecule has 1 aliphatic rings. The maximum Gasteiger partial charge on any atom is 0.441 e. The van der Waals surface area contributed by atoms with Crippen molar-refractivity contribution in [1.29, 1.82) is 0 Å². The molecule has 8 heteroatoms. The number of rotatable bonds is 9. The van der Waals surface area contributed by atoms with Gasteiger partial charge in [0.25, 0.3) is 0 Å².